The third-order valence-electron chi connectivity index (χ3n) is 5.48. The van der Waals surface area contributed by atoms with Crippen LogP contribution in [0.2, 0.25) is 0 Å². The molecule has 1 aromatic rings. The number of nitrogens with zero attached hydrogens (tertiary/aromatic N) is 4. The third kappa shape index (κ3) is 4.27. The Balaban J connectivity index is 0.00000182. The van der Waals surface area contributed by atoms with Gasteiger partial charge in [0.05, 0.1) is 18.2 Å². The van der Waals surface area contributed by atoms with Crippen molar-refractivity contribution in [3.8, 4) is 0 Å². The highest BCUT2D eigenvalue weighted by molar-refractivity contribution is 14.0. The van der Waals surface area contributed by atoms with Crippen molar-refractivity contribution in [3.05, 3.63) is 11.6 Å². The molecule has 3 aliphatic rings. The van der Waals surface area contributed by atoms with Gasteiger partial charge < -0.3 is 19.9 Å². The monoisotopic (exact) mass is 460 g/mol. The zero-order valence-corrected chi connectivity index (χ0v) is 17.2. The molecule has 0 amide bonds. The van der Waals surface area contributed by atoms with Crippen molar-refractivity contribution in [1.82, 2.24) is 25.4 Å². The Morgan fingerprint density at radius 2 is 2.20 bits per heavy atom. The molecule has 0 spiro atoms. The summed E-state index contributed by atoms with van der Waals surface area (Å²) >= 11 is 0. The van der Waals surface area contributed by atoms with Crippen LogP contribution in [-0.4, -0.2) is 52.6 Å². The summed E-state index contributed by atoms with van der Waals surface area (Å²) in [6.45, 7) is 1.88. The topological polar surface area (TPSA) is 76.4 Å². The Morgan fingerprint density at radius 3 is 2.96 bits per heavy atom. The van der Waals surface area contributed by atoms with Gasteiger partial charge >= 0.3 is 0 Å². The maximum atomic E-state index is 5.90. The number of aliphatic imine (C=N–C) groups is 1. The number of aryl methyl sites for hydroxylation is 1. The third-order valence-corrected chi connectivity index (χ3v) is 5.48. The molecule has 0 radical (unpaired) electrons. The van der Waals surface area contributed by atoms with Gasteiger partial charge in [-0.25, -0.2) is 0 Å². The Bertz CT molecular complexity index is 604. The molecule has 0 aliphatic carbocycles. The summed E-state index contributed by atoms with van der Waals surface area (Å²) in [4.78, 5) is 4.35. The second-order valence-corrected chi connectivity index (χ2v) is 7.10. The van der Waals surface area contributed by atoms with E-state index < -0.39 is 0 Å². The van der Waals surface area contributed by atoms with E-state index in [1.165, 1.54) is 32.1 Å². The highest BCUT2D eigenvalue weighted by Crippen LogP contribution is 2.34. The highest BCUT2D eigenvalue weighted by atomic mass is 127. The molecule has 7 nitrogen and oxygen atoms in total. The standard InChI is InChI=1S/C17H28N6O.HI/c1-18-17(20-13-11-12-6-7-14(13)24-12)19-9-8-16-22-21-15-5-3-2-4-10-23(15)16;/h12-14H,2-11H2,1H3,(H2,18,19,20);1H. The molecule has 2 bridgehead atoms. The predicted octanol–water partition coefficient (Wildman–Crippen LogP) is 1.65. The van der Waals surface area contributed by atoms with Crippen molar-refractivity contribution in [2.75, 3.05) is 13.6 Å². The molecule has 4 heterocycles. The maximum absolute atomic E-state index is 5.90. The van der Waals surface area contributed by atoms with E-state index in [0.29, 0.717) is 18.2 Å². The lowest BCUT2D eigenvalue weighted by atomic mass is 9.96. The first-order chi connectivity index (χ1) is 11.8. The minimum atomic E-state index is 0. The molecule has 4 rings (SSSR count). The first-order valence-electron chi connectivity index (χ1n) is 9.37. The second-order valence-electron chi connectivity index (χ2n) is 7.10. The number of hydrogen-bond donors (Lipinski definition) is 2. The van der Waals surface area contributed by atoms with Crippen molar-refractivity contribution in [2.24, 2.45) is 4.99 Å². The van der Waals surface area contributed by atoms with Crippen LogP contribution in [0.15, 0.2) is 4.99 Å². The van der Waals surface area contributed by atoms with Gasteiger partial charge in [0.1, 0.15) is 11.6 Å². The molecule has 140 valence electrons. The Kier molecular flexibility index (Phi) is 6.54. The number of nitrogens with one attached hydrogen (secondary N) is 2. The molecule has 3 atom stereocenters. The smallest absolute Gasteiger partial charge is 0.191 e. The van der Waals surface area contributed by atoms with Crippen molar-refractivity contribution in [2.45, 2.75) is 76.2 Å². The second kappa shape index (κ2) is 8.66. The fraction of sp³-hybridized carbons (Fsp3) is 0.824. The van der Waals surface area contributed by atoms with E-state index in [0.717, 1.165) is 50.0 Å². The van der Waals surface area contributed by atoms with Gasteiger partial charge in [-0.05, 0) is 32.1 Å². The molecule has 25 heavy (non-hydrogen) atoms. The largest absolute Gasteiger partial charge is 0.373 e. The van der Waals surface area contributed by atoms with E-state index in [-0.39, 0.29) is 24.0 Å². The first kappa shape index (κ1) is 18.9. The van der Waals surface area contributed by atoms with Crippen LogP contribution < -0.4 is 10.6 Å². The molecule has 2 saturated heterocycles. The molecule has 8 heteroatoms. The van der Waals surface area contributed by atoms with E-state index in [4.69, 9.17) is 4.74 Å². The van der Waals surface area contributed by atoms with Crippen LogP contribution in [0.1, 0.15) is 50.2 Å². The van der Waals surface area contributed by atoms with Gasteiger partial charge in [-0.1, -0.05) is 6.42 Å². The summed E-state index contributed by atoms with van der Waals surface area (Å²) in [7, 11) is 1.83. The SMILES string of the molecule is CN=C(NCCc1nnc2n1CCCCC2)NC1CC2CCC1O2.I. The Hall–Kier alpha value is -0.900. The fourth-order valence-electron chi connectivity index (χ4n) is 4.18. The first-order valence-corrected chi connectivity index (χ1v) is 9.37. The van der Waals surface area contributed by atoms with Gasteiger partial charge in [0.2, 0.25) is 0 Å². The van der Waals surface area contributed by atoms with Crippen molar-refractivity contribution in [1.29, 1.82) is 0 Å². The normalized spacial score (nSPS) is 28.2. The van der Waals surface area contributed by atoms with Crippen molar-refractivity contribution < 1.29 is 4.74 Å². The number of guanidine groups is 1. The van der Waals surface area contributed by atoms with Crippen LogP contribution in [-0.2, 0) is 24.1 Å². The zero-order chi connectivity index (χ0) is 16.4. The summed E-state index contributed by atoms with van der Waals surface area (Å²) < 4.78 is 8.21. The summed E-state index contributed by atoms with van der Waals surface area (Å²) in [5.74, 6) is 3.12. The molecular formula is C17H29IN6O. The fourth-order valence-corrected chi connectivity index (χ4v) is 4.18. The van der Waals surface area contributed by atoms with E-state index >= 15 is 0 Å². The zero-order valence-electron chi connectivity index (χ0n) is 14.9. The Morgan fingerprint density at radius 1 is 1.28 bits per heavy atom. The van der Waals surface area contributed by atoms with Crippen LogP contribution in [0.4, 0.5) is 0 Å². The number of fused-ring (bicyclic) bond motifs is 3. The van der Waals surface area contributed by atoms with Crippen LogP contribution in [0, 0.1) is 0 Å². The van der Waals surface area contributed by atoms with Gasteiger partial charge in [0, 0.05) is 33.0 Å². The van der Waals surface area contributed by atoms with E-state index in [2.05, 4.69) is 30.4 Å². The maximum Gasteiger partial charge on any atom is 0.191 e. The molecule has 2 fully saturated rings. The molecule has 3 aliphatic heterocycles. The molecule has 0 aromatic carbocycles. The minimum Gasteiger partial charge on any atom is -0.373 e. The predicted molar refractivity (Wildman–Crippen MR) is 107 cm³/mol. The lowest BCUT2D eigenvalue weighted by molar-refractivity contribution is 0.0992. The number of ether oxygens (including phenoxy) is 1. The van der Waals surface area contributed by atoms with Gasteiger partial charge in [-0.3, -0.25) is 4.99 Å². The quantitative estimate of drug-likeness (QED) is 0.406. The van der Waals surface area contributed by atoms with Gasteiger partial charge in [-0.2, -0.15) is 0 Å². The molecular weight excluding hydrogens is 431 g/mol. The summed E-state index contributed by atoms with van der Waals surface area (Å²) in [5.41, 5.74) is 0. The van der Waals surface area contributed by atoms with Crippen molar-refractivity contribution >= 4 is 29.9 Å². The average Bonchev–Trinajstić information content (AvgIpc) is 3.26. The van der Waals surface area contributed by atoms with Crippen LogP contribution in [0.25, 0.3) is 0 Å². The molecule has 0 saturated carbocycles. The summed E-state index contributed by atoms with van der Waals surface area (Å²) in [6, 6.07) is 0.402. The number of hydrogen-bond acceptors (Lipinski definition) is 4. The van der Waals surface area contributed by atoms with E-state index in [1.807, 2.05) is 7.05 Å². The summed E-state index contributed by atoms with van der Waals surface area (Å²) in [6.07, 6.45) is 10.0. The summed E-state index contributed by atoms with van der Waals surface area (Å²) in [5, 5.41) is 15.7. The average molecular weight is 460 g/mol. The number of halogens is 1. The lowest BCUT2D eigenvalue weighted by Gasteiger charge is -2.22. The van der Waals surface area contributed by atoms with Gasteiger partial charge in [0.15, 0.2) is 5.96 Å². The number of aromatic nitrogens is 3. The molecule has 3 unspecified atom stereocenters. The van der Waals surface area contributed by atoms with Crippen molar-refractivity contribution in [3.63, 3.8) is 0 Å². The highest BCUT2D eigenvalue weighted by Gasteiger charge is 2.41. The molecule has 1 aromatic heterocycles. The minimum absolute atomic E-state index is 0. The lowest BCUT2D eigenvalue weighted by Crippen LogP contribution is -2.47. The van der Waals surface area contributed by atoms with E-state index in [1.54, 1.807) is 0 Å². The number of rotatable bonds is 4. The molecule has 2 N–H and O–H groups in total. The van der Waals surface area contributed by atoms with Gasteiger partial charge in [0.25, 0.3) is 0 Å². The van der Waals surface area contributed by atoms with E-state index in [9.17, 15) is 0 Å². The van der Waals surface area contributed by atoms with Crippen LogP contribution >= 0.6 is 24.0 Å². The Labute approximate surface area is 166 Å². The van der Waals surface area contributed by atoms with Gasteiger partial charge in [-0.15, -0.1) is 34.2 Å². The van der Waals surface area contributed by atoms with Crippen LogP contribution in [0.3, 0.4) is 0 Å². The van der Waals surface area contributed by atoms with Crippen LogP contribution in [0.5, 0.6) is 0 Å².